The minimum Gasteiger partial charge on any atom is -0.357 e. The van der Waals surface area contributed by atoms with Gasteiger partial charge in [0.2, 0.25) is 0 Å². The van der Waals surface area contributed by atoms with E-state index in [1.165, 1.54) is 37.3 Å². The van der Waals surface area contributed by atoms with Crippen molar-refractivity contribution in [2.75, 3.05) is 22.7 Å². The molecule has 3 heterocycles. The number of ketones is 1. The topological polar surface area (TPSA) is 92.3 Å². The number of halogens is 3. The lowest BCUT2D eigenvalue weighted by Gasteiger charge is -2.24. The summed E-state index contributed by atoms with van der Waals surface area (Å²) in [4.78, 5) is 21.8. The number of aromatic nitrogens is 2. The van der Waals surface area contributed by atoms with Crippen LogP contribution in [0.5, 0.6) is 0 Å². The Bertz CT molecular complexity index is 1500. The zero-order chi connectivity index (χ0) is 29.8. The third-order valence-electron chi connectivity index (χ3n) is 6.27. The summed E-state index contributed by atoms with van der Waals surface area (Å²) in [7, 11) is -4.35. The number of nitrogens with one attached hydrogen (secondary N) is 1. The first-order valence-corrected chi connectivity index (χ1v) is 14.1. The molecule has 0 aliphatic carbocycles. The number of sulfonamides is 1. The number of hydrogen-bond acceptors (Lipinski definition) is 6. The summed E-state index contributed by atoms with van der Waals surface area (Å²) in [6, 6.07) is 12.2. The largest absolute Gasteiger partial charge is 0.418 e. The molecule has 11 heteroatoms. The number of aryl methyl sites for hydroxylation is 1. The quantitative estimate of drug-likeness (QED) is 0.404. The number of anilines is 2. The first kappa shape index (κ1) is 25.8. The van der Waals surface area contributed by atoms with E-state index in [-0.39, 0.29) is 27.8 Å². The SMILES string of the molecule is [2H]C1CCCCN(CCCC(C)=O)c2cccc(n2)S(=O)(=O)Nc2ccc(C(F)(F)F)c(n2)-c2ccccc2C1[2H]. The minimum atomic E-state index is -4.80. The predicted molar refractivity (Wildman–Crippen MR) is 144 cm³/mol. The molecule has 4 bridgehead atoms. The van der Waals surface area contributed by atoms with Crippen LogP contribution >= 0.6 is 0 Å². The lowest BCUT2D eigenvalue weighted by atomic mass is 9.96. The number of rotatable bonds is 4. The molecule has 1 aliphatic rings. The molecule has 0 saturated carbocycles. The van der Waals surface area contributed by atoms with E-state index >= 15 is 0 Å². The van der Waals surface area contributed by atoms with E-state index in [1.807, 2.05) is 4.90 Å². The third-order valence-corrected chi connectivity index (χ3v) is 7.52. The van der Waals surface area contributed by atoms with Gasteiger partial charge in [-0.15, -0.1) is 0 Å². The van der Waals surface area contributed by atoms with Crippen molar-refractivity contribution in [3.8, 4) is 11.3 Å². The average Bonchev–Trinajstić information content (AvgIpc) is 2.92. The number of carbonyl (C=O) groups excluding carboxylic acids is 1. The lowest BCUT2D eigenvalue weighted by Crippen LogP contribution is -2.28. The first-order chi connectivity index (χ1) is 19.4. The van der Waals surface area contributed by atoms with Gasteiger partial charge < -0.3 is 9.69 Å². The van der Waals surface area contributed by atoms with Gasteiger partial charge in [-0.3, -0.25) is 4.72 Å². The molecule has 1 N–H and O–H groups in total. The van der Waals surface area contributed by atoms with E-state index in [2.05, 4.69) is 14.7 Å². The molecule has 0 radical (unpaired) electrons. The maximum atomic E-state index is 14.1. The molecular formula is C28H31F3N4O3S. The number of alkyl halides is 3. The summed E-state index contributed by atoms with van der Waals surface area (Å²) < 4.78 is 88.4. The summed E-state index contributed by atoms with van der Waals surface area (Å²) in [5.41, 5.74) is -1.39. The normalized spacial score (nSPS) is 20.6. The number of hydrogen-bond donors (Lipinski definition) is 1. The number of benzene rings is 1. The molecule has 4 rings (SSSR count). The van der Waals surface area contributed by atoms with Gasteiger partial charge >= 0.3 is 6.18 Å². The van der Waals surface area contributed by atoms with Gasteiger partial charge in [0.05, 0.1) is 11.3 Å². The van der Waals surface area contributed by atoms with Crippen LogP contribution in [0.25, 0.3) is 11.3 Å². The molecule has 2 atom stereocenters. The van der Waals surface area contributed by atoms with Gasteiger partial charge in [0.1, 0.15) is 17.4 Å². The molecule has 2 aromatic heterocycles. The Balaban J connectivity index is 1.82. The number of Topliss-reactive ketones (excluding diaryl/α,β-unsaturated/α-hetero) is 1. The third kappa shape index (κ3) is 7.35. The van der Waals surface area contributed by atoms with Crippen LogP contribution in [0.1, 0.15) is 59.3 Å². The summed E-state index contributed by atoms with van der Waals surface area (Å²) in [6.07, 6.45) is -4.51. The molecule has 39 heavy (non-hydrogen) atoms. The predicted octanol–water partition coefficient (Wildman–Crippen LogP) is 6.26. The second-order valence-corrected chi connectivity index (χ2v) is 10.9. The molecule has 208 valence electrons. The second kappa shape index (κ2) is 12.1. The summed E-state index contributed by atoms with van der Waals surface area (Å²) in [5.74, 6) is 0.0581. The summed E-state index contributed by atoms with van der Waals surface area (Å²) in [6.45, 7) is 2.43. The van der Waals surface area contributed by atoms with Crippen molar-refractivity contribution in [2.24, 2.45) is 0 Å². The van der Waals surface area contributed by atoms with Crippen LogP contribution in [0.3, 0.4) is 0 Å². The zero-order valence-corrected chi connectivity index (χ0v) is 22.2. The van der Waals surface area contributed by atoms with Crippen molar-refractivity contribution >= 4 is 27.4 Å². The van der Waals surface area contributed by atoms with Crippen LogP contribution in [0.4, 0.5) is 24.8 Å². The molecule has 2 unspecified atom stereocenters. The minimum absolute atomic E-state index is 0.0132. The maximum absolute atomic E-state index is 14.1. The van der Waals surface area contributed by atoms with Crippen molar-refractivity contribution in [3.05, 3.63) is 65.7 Å². The smallest absolute Gasteiger partial charge is 0.357 e. The Morgan fingerprint density at radius 2 is 1.85 bits per heavy atom. The summed E-state index contributed by atoms with van der Waals surface area (Å²) >= 11 is 0. The molecular weight excluding hydrogens is 529 g/mol. The van der Waals surface area contributed by atoms with Gasteiger partial charge in [-0.25, -0.2) is 9.97 Å². The molecule has 0 fully saturated rings. The molecule has 0 spiro atoms. The van der Waals surface area contributed by atoms with Crippen molar-refractivity contribution in [3.63, 3.8) is 0 Å². The van der Waals surface area contributed by atoms with Crippen LogP contribution in [-0.4, -0.2) is 37.3 Å². The first-order valence-electron chi connectivity index (χ1n) is 13.8. The van der Waals surface area contributed by atoms with Crippen molar-refractivity contribution < 1.29 is 29.1 Å². The lowest BCUT2D eigenvalue weighted by molar-refractivity contribution is -0.137. The fourth-order valence-corrected chi connectivity index (χ4v) is 5.33. The highest BCUT2D eigenvalue weighted by molar-refractivity contribution is 7.92. The number of nitrogens with zero attached hydrogens (tertiary/aromatic N) is 3. The molecule has 3 aromatic rings. The monoisotopic (exact) mass is 562 g/mol. The number of pyridine rings is 2. The van der Waals surface area contributed by atoms with Gasteiger partial charge in [0.25, 0.3) is 10.0 Å². The van der Waals surface area contributed by atoms with Crippen LogP contribution in [0.2, 0.25) is 0 Å². The Hall–Kier alpha value is -3.47. The Morgan fingerprint density at radius 1 is 1.05 bits per heavy atom. The maximum Gasteiger partial charge on any atom is 0.418 e. The van der Waals surface area contributed by atoms with E-state index in [4.69, 9.17) is 2.74 Å². The Labute approximate surface area is 229 Å². The second-order valence-electron chi connectivity index (χ2n) is 9.31. The molecule has 1 aliphatic heterocycles. The van der Waals surface area contributed by atoms with E-state index in [1.54, 1.807) is 12.1 Å². The fourth-order valence-electron chi connectivity index (χ4n) is 4.36. The average molecular weight is 563 g/mol. The van der Waals surface area contributed by atoms with Crippen LogP contribution < -0.4 is 9.62 Å². The van der Waals surface area contributed by atoms with Crippen molar-refractivity contribution in [2.45, 2.75) is 63.0 Å². The van der Waals surface area contributed by atoms with Gasteiger partial charge in [0.15, 0.2) is 5.03 Å². The zero-order valence-electron chi connectivity index (χ0n) is 23.4. The fraction of sp³-hybridized carbons (Fsp3) is 0.393. The van der Waals surface area contributed by atoms with Crippen molar-refractivity contribution in [1.29, 1.82) is 0 Å². The molecule has 7 nitrogen and oxygen atoms in total. The Morgan fingerprint density at radius 3 is 2.62 bits per heavy atom. The van der Waals surface area contributed by atoms with Crippen LogP contribution in [0, 0.1) is 0 Å². The van der Waals surface area contributed by atoms with E-state index < -0.39 is 40.3 Å². The highest BCUT2D eigenvalue weighted by Gasteiger charge is 2.35. The highest BCUT2D eigenvalue weighted by atomic mass is 32.2. The Kier molecular flexibility index (Phi) is 8.03. The van der Waals surface area contributed by atoms with Gasteiger partial charge in [-0.2, -0.15) is 21.6 Å². The number of fused-ring (bicyclic) bond motifs is 6. The van der Waals surface area contributed by atoms with E-state index in [0.717, 1.165) is 12.1 Å². The van der Waals surface area contributed by atoms with Gasteiger partial charge in [-0.05, 0) is 62.4 Å². The van der Waals surface area contributed by atoms with E-state index in [0.29, 0.717) is 51.0 Å². The molecule has 0 saturated heterocycles. The van der Waals surface area contributed by atoms with Gasteiger partial charge in [0, 0.05) is 27.8 Å². The molecule has 1 aromatic carbocycles. The highest BCUT2D eigenvalue weighted by Crippen LogP contribution is 2.38. The van der Waals surface area contributed by atoms with Crippen LogP contribution in [-0.2, 0) is 27.4 Å². The standard InChI is InChI=1S/C28H31F3N4O3S/c1-20(36)10-9-19-35-18-7-3-2-4-11-21-12-5-6-13-22(21)27-23(28(29,30)31)16-17-24(32-27)34-39(37,38)26-15-8-14-25(35)33-26/h5-6,8,12-17H,2-4,7,9-11,18-19H2,1H3,(H,32,34)/i4D,11D. The van der Waals surface area contributed by atoms with Crippen LogP contribution in [0.15, 0.2) is 59.6 Å². The van der Waals surface area contributed by atoms with Crippen molar-refractivity contribution in [1.82, 2.24) is 9.97 Å². The number of carbonyl (C=O) groups is 1. The summed E-state index contributed by atoms with van der Waals surface area (Å²) in [5, 5.41) is -0.336. The van der Waals surface area contributed by atoms with Gasteiger partial charge in [-0.1, -0.05) is 43.2 Å². The molecule has 0 amide bonds. The van der Waals surface area contributed by atoms with E-state index in [9.17, 15) is 26.4 Å².